The molecule has 8 nitrogen and oxygen atoms in total. The van der Waals surface area contributed by atoms with Gasteiger partial charge in [-0.1, -0.05) is 19.9 Å². The standard InChI is InChI=1S/C24H31FN6O2/c1-7-24(8-2,15-26-29-23(32)30(4)5)18-10-11-20(28-22(18)33-6)16-12-19(25)17-14-27-31(9-3)21(17)13-16/h10-15H,7-9H2,1-6H3,(H,29,32)/b26-15+. The normalized spacial score (nSPS) is 11.8. The second kappa shape index (κ2) is 9.97. The molecule has 1 aromatic carbocycles. The molecule has 0 bridgehead atoms. The van der Waals surface area contributed by atoms with Crippen LogP contribution in [0.2, 0.25) is 0 Å². The van der Waals surface area contributed by atoms with E-state index in [9.17, 15) is 9.18 Å². The molecular weight excluding hydrogens is 423 g/mol. The summed E-state index contributed by atoms with van der Waals surface area (Å²) >= 11 is 0. The van der Waals surface area contributed by atoms with Crippen molar-refractivity contribution in [2.24, 2.45) is 5.10 Å². The highest BCUT2D eigenvalue weighted by Gasteiger charge is 2.31. The third-order valence-electron chi connectivity index (χ3n) is 6.04. The predicted molar refractivity (Wildman–Crippen MR) is 128 cm³/mol. The van der Waals surface area contributed by atoms with Crippen molar-refractivity contribution in [2.75, 3.05) is 21.2 Å². The van der Waals surface area contributed by atoms with Gasteiger partial charge < -0.3 is 9.64 Å². The van der Waals surface area contributed by atoms with Gasteiger partial charge in [-0.3, -0.25) is 4.68 Å². The molecule has 0 saturated carbocycles. The molecule has 2 heterocycles. The Morgan fingerprint density at radius 2 is 2.00 bits per heavy atom. The minimum atomic E-state index is -0.494. The zero-order chi connectivity index (χ0) is 24.2. The highest BCUT2D eigenvalue weighted by molar-refractivity contribution is 5.85. The van der Waals surface area contributed by atoms with Crippen LogP contribution in [-0.4, -0.2) is 53.1 Å². The maximum atomic E-state index is 14.7. The number of nitrogens with zero attached hydrogens (tertiary/aromatic N) is 5. The molecule has 3 rings (SSSR count). The zero-order valence-electron chi connectivity index (χ0n) is 20.0. The van der Waals surface area contributed by atoms with Crippen LogP contribution in [0.5, 0.6) is 5.88 Å². The molecule has 1 N–H and O–H groups in total. The Morgan fingerprint density at radius 1 is 1.27 bits per heavy atom. The van der Waals surface area contributed by atoms with E-state index in [1.807, 2.05) is 39.0 Å². The van der Waals surface area contributed by atoms with Crippen LogP contribution >= 0.6 is 0 Å². The molecule has 33 heavy (non-hydrogen) atoms. The molecule has 0 aliphatic rings. The lowest BCUT2D eigenvalue weighted by Crippen LogP contribution is -2.33. The number of ether oxygens (including phenoxy) is 1. The van der Waals surface area contributed by atoms with E-state index >= 15 is 0 Å². The summed E-state index contributed by atoms with van der Waals surface area (Å²) in [4.78, 5) is 18.0. The van der Waals surface area contributed by atoms with Crippen LogP contribution in [0, 0.1) is 5.82 Å². The molecule has 0 fully saturated rings. The average Bonchev–Trinajstić information content (AvgIpc) is 3.25. The topological polar surface area (TPSA) is 84.6 Å². The van der Waals surface area contributed by atoms with Crippen LogP contribution in [0.15, 0.2) is 35.6 Å². The molecule has 0 aliphatic carbocycles. The third kappa shape index (κ3) is 4.67. The first-order valence-corrected chi connectivity index (χ1v) is 11.0. The molecular formula is C24H31FN6O2. The van der Waals surface area contributed by atoms with E-state index in [4.69, 9.17) is 9.72 Å². The highest BCUT2D eigenvalue weighted by atomic mass is 19.1. The Balaban J connectivity index is 2.04. The molecule has 0 radical (unpaired) electrons. The number of urea groups is 1. The van der Waals surface area contributed by atoms with E-state index in [2.05, 4.69) is 15.6 Å². The molecule has 0 spiro atoms. The molecule has 2 aromatic heterocycles. The van der Waals surface area contributed by atoms with Gasteiger partial charge in [-0.15, -0.1) is 0 Å². The first-order chi connectivity index (χ1) is 15.8. The molecule has 0 saturated heterocycles. The summed E-state index contributed by atoms with van der Waals surface area (Å²) in [6.07, 6.45) is 4.72. The fraction of sp³-hybridized carbons (Fsp3) is 0.417. The summed E-state index contributed by atoms with van der Waals surface area (Å²) in [7, 11) is 4.86. The lowest BCUT2D eigenvalue weighted by atomic mass is 9.77. The molecule has 0 atom stereocenters. The highest BCUT2D eigenvalue weighted by Crippen LogP contribution is 2.37. The number of amides is 2. The van der Waals surface area contributed by atoms with Gasteiger partial charge in [-0.25, -0.2) is 19.6 Å². The van der Waals surface area contributed by atoms with E-state index in [1.54, 1.807) is 38.3 Å². The Labute approximate surface area is 193 Å². The Bertz CT molecular complexity index is 1170. The van der Waals surface area contributed by atoms with Crippen molar-refractivity contribution < 1.29 is 13.9 Å². The number of carbonyl (C=O) groups is 1. The minimum Gasteiger partial charge on any atom is -0.481 e. The number of aryl methyl sites for hydroxylation is 1. The van der Waals surface area contributed by atoms with Gasteiger partial charge in [0.05, 0.1) is 29.9 Å². The number of hydrogen-bond acceptors (Lipinski definition) is 5. The number of halogens is 1. The maximum absolute atomic E-state index is 14.7. The number of rotatable bonds is 8. The van der Waals surface area contributed by atoms with Crippen LogP contribution in [0.1, 0.15) is 39.2 Å². The molecule has 0 aliphatic heterocycles. The smallest absolute Gasteiger partial charge is 0.337 e. The average molecular weight is 455 g/mol. The van der Waals surface area contributed by atoms with E-state index < -0.39 is 5.41 Å². The number of fused-ring (bicyclic) bond motifs is 1. The summed E-state index contributed by atoms with van der Waals surface area (Å²) < 4.78 is 22.1. The van der Waals surface area contributed by atoms with Crippen LogP contribution in [0.4, 0.5) is 9.18 Å². The van der Waals surface area contributed by atoms with Gasteiger partial charge in [-0.2, -0.15) is 10.2 Å². The van der Waals surface area contributed by atoms with Gasteiger partial charge in [0.15, 0.2) is 0 Å². The number of aromatic nitrogens is 3. The fourth-order valence-corrected chi connectivity index (χ4v) is 3.86. The molecule has 176 valence electrons. The number of benzene rings is 1. The van der Waals surface area contributed by atoms with Crippen LogP contribution in [-0.2, 0) is 12.0 Å². The van der Waals surface area contributed by atoms with Crippen molar-refractivity contribution in [1.29, 1.82) is 0 Å². The van der Waals surface area contributed by atoms with Crippen molar-refractivity contribution in [3.8, 4) is 17.1 Å². The van der Waals surface area contributed by atoms with E-state index in [0.29, 0.717) is 29.1 Å². The zero-order valence-corrected chi connectivity index (χ0v) is 20.0. The Hall–Kier alpha value is -3.49. The summed E-state index contributed by atoms with van der Waals surface area (Å²) in [5.74, 6) is 0.0957. The van der Waals surface area contributed by atoms with E-state index in [0.717, 1.165) is 23.9 Å². The van der Waals surface area contributed by atoms with Crippen molar-refractivity contribution in [2.45, 2.75) is 45.6 Å². The van der Waals surface area contributed by atoms with Crippen LogP contribution < -0.4 is 10.2 Å². The van der Waals surface area contributed by atoms with Crippen molar-refractivity contribution >= 4 is 23.1 Å². The molecule has 9 heteroatoms. The molecule has 0 unspecified atom stereocenters. The van der Waals surface area contributed by atoms with Gasteiger partial charge in [-0.05, 0) is 38.0 Å². The monoisotopic (exact) mass is 454 g/mol. The van der Waals surface area contributed by atoms with Crippen molar-refractivity contribution in [3.63, 3.8) is 0 Å². The largest absolute Gasteiger partial charge is 0.481 e. The number of hydrazone groups is 1. The summed E-state index contributed by atoms with van der Waals surface area (Å²) in [5, 5.41) is 8.92. The van der Waals surface area contributed by atoms with Crippen molar-refractivity contribution in [1.82, 2.24) is 25.1 Å². The first-order valence-electron chi connectivity index (χ1n) is 11.0. The fourth-order valence-electron chi connectivity index (χ4n) is 3.86. The lowest BCUT2D eigenvalue weighted by molar-refractivity contribution is 0.218. The number of hydrogen-bond donors (Lipinski definition) is 1. The van der Waals surface area contributed by atoms with Crippen LogP contribution in [0.3, 0.4) is 0 Å². The summed E-state index contributed by atoms with van der Waals surface area (Å²) in [6, 6.07) is 6.85. The van der Waals surface area contributed by atoms with Gasteiger partial charge in [0.2, 0.25) is 5.88 Å². The van der Waals surface area contributed by atoms with Gasteiger partial charge in [0.1, 0.15) is 5.82 Å². The molecule has 3 aromatic rings. The van der Waals surface area contributed by atoms with Gasteiger partial charge >= 0.3 is 6.03 Å². The number of carbonyl (C=O) groups excluding carboxylic acids is 1. The summed E-state index contributed by atoms with van der Waals surface area (Å²) in [6.45, 7) is 6.70. The van der Waals surface area contributed by atoms with Crippen LogP contribution in [0.25, 0.3) is 22.2 Å². The maximum Gasteiger partial charge on any atom is 0.337 e. The van der Waals surface area contributed by atoms with Crippen molar-refractivity contribution in [3.05, 3.63) is 41.8 Å². The SMILES string of the molecule is CCn1ncc2c(F)cc(-c3ccc(C(/C=N/NC(=O)N(C)C)(CC)CC)c(OC)n3)cc21. The number of pyridine rings is 1. The second-order valence-electron chi connectivity index (χ2n) is 8.04. The van der Waals surface area contributed by atoms with Gasteiger partial charge in [0, 0.05) is 43.4 Å². The third-order valence-corrected chi connectivity index (χ3v) is 6.04. The lowest BCUT2D eigenvalue weighted by Gasteiger charge is -2.29. The minimum absolute atomic E-state index is 0.309. The van der Waals surface area contributed by atoms with E-state index in [-0.39, 0.29) is 11.8 Å². The Morgan fingerprint density at radius 3 is 2.61 bits per heavy atom. The van der Waals surface area contributed by atoms with Gasteiger partial charge in [0.25, 0.3) is 0 Å². The number of methoxy groups -OCH3 is 1. The second-order valence-corrected chi connectivity index (χ2v) is 8.04. The molecule has 2 amide bonds. The Kier molecular flexibility index (Phi) is 7.30. The predicted octanol–water partition coefficient (Wildman–Crippen LogP) is 4.58. The van der Waals surface area contributed by atoms with E-state index in [1.165, 1.54) is 11.0 Å². The summed E-state index contributed by atoms with van der Waals surface area (Å²) in [5.41, 5.74) is 4.84. The first kappa shape index (κ1) is 24.2. The quantitative estimate of drug-likeness (QED) is 0.399. The number of nitrogens with one attached hydrogen (secondary N) is 1.